The molecular formula is C34H20N4O. The molecule has 0 spiro atoms. The number of hydrogen-bond acceptors (Lipinski definition) is 5. The average Bonchev–Trinajstić information content (AvgIpc) is 3.45. The molecule has 5 aromatic carbocycles. The summed E-state index contributed by atoms with van der Waals surface area (Å²) in [5.41, 5.74) is 11.0. The van der Waals surface area contributed by atoms with E-state index >= 15 is 0 Å². The predicted molar refractivity (Wildman–Crippen MR) is 154 cm³/mol. The molecule has 39 heavy (non-hydrogen) atoms. The van der Waals surface area contributed by atoms with Gasteiger partial charge in [0.15, 0.2) is 5.58 Å². The van der Waals surface area contributed by atoms with Gasteiger partial charge in [0, 0.05) is 11.1 Å². The lowest BCUT2D eigenvalue weighted by molar-refractivity contribution is 0.620. The highest BCUT2D eigenvalue weighted by atomic mass is 16.3. The summed E-state index contributed by atoms with van der Waals surface area (Å²) in [7, 11) is 0. The average molecular weight is 501 g/mol. The van der Waals surface area contributed by atoms with Crippen LogP contribution in [0, 0.1) is 11.3 Å². The number of nitrogens with zero attached hydrogens (tertiary/aromatic N) is 4. The van der Waals surface area contributed by atoms with Crippen molar-refractivity contribution in [2.24, 2.45) is 0 Å². The summed E-state index contributed by atoms with van der Waals surface area (Å²) in [5, 5.41) is 9.02. The lowest BCUT2D eigenvalue weighted by atomic mass is 9.99. The number of rotatable bonds is 4. The largest absolute Gasteiger partial charge is 0.436 e. The summed E-state index contributed by atoms with van der Waals surface area (Å²) < 4.78 is 5.89. The maximum Gasteiger partial charge on any atom is 0.227 e. The number of aromatic nitrogens is 3. The summed E-state index contributed by atoms with van der Waals surface area (Å²) >= 11 is 0. The van der Waals surface area contributed by atoms with Gasteiger partial charge in [0.25, 0.3) is 0 Å². The zero-order valence-corrected chi connectivity index (χ0v) is 20.7. The van der Waals surface area contributed by atoms with Crippen molar-refractivity contribution in [1.82, 2.24) is 15.0 Å². The van der Waals surface area contributed by atoms with Gasteiger partial charge < -0.3 is 4.42 Å². The Morgan fingerprint density at radius 2 is 1.15 bits per heavy atom. The Hall–Kier alpha value is -5.60. The van der Waals surface area contributed by atoms with E-state index in [1.807, 2.05) is 85.1 Å². The summed E-state index contributed by atoms with van der Waals surface area (Å²) in [6.45, 7) is 0. The molecule has 0 atom stereocenters. The van der Waals surface area contributed by atoms with E-state index in [0.717, 1.165) is 61.2 Å². The number of oxazole rings is 1. The molecule has 182 valence electrons. The molecule has 0 amide bonds. The van der Waals surface area contributed by atoms with Crippen LogP contribution >= 0.6 is 0 Å². The van der Waals surface area contributed by atoms with Crippen LogP contribution in [0.4, 0.5) is 0 Å². The maximum absolute atomic E-state index is 9.02. The van der Waals surface area contributed by atoms with Gasteiger partial charge in [-0.1, -0.05) is 66.7 Å². The van der Waals surface area contributed by atoms with Crippen molar-refractivity contribution in [1.29, 1.82) is 5.26 Å². The fraction of sp³-hybridized carbons (Fsp3) is 0. The van der Waals surface area contributed by atoms with E-state index in [1.54, 1.807) is 0 Å². The highest BCUT2D eigenvalue weighted by Gasteiger charge is 2.10. The number of fused-ring (bicyclic) bond motifs is 2. The Labute approximate surface area is 224 Å². The van der Waals surface area contributed by atoms with Gasteiger partial charge in [-0.3, -0.25) is 4.98 Å². The molecule has 0 unspecified atom stereocenters. The molecule has 5 nitrogen and oxygen atoms in total. The van der Waals surface area contributed by atoms with Gasteiger partial charge in [0.2, 0.25) is 5.89 Å². The van der Waals surface area contributed by atoms with E-state index in [4.69, 9.17) is 19.6 Å². The molecule has 0 aliphatic rings. The van der Waals surface area contributed by atoms with E-state index in [2.05, 4.69) is 47.5 Å². The Morgan fingerprint density at radius 3 is 1.87 bits per heavy atom. The van der Waals surface area contributed by atoms with Gasteiger partial charge in [0.05, 0.1) is 34.6 Å². The van der Waals surface area contributed by atoms with Crippen LogP contribution in [-0.2, 0) is 0 Å². The highest BCUT2D eigenvalue weighted by Crippen LogP contribution is 2.29. The van der Waals surface area contributed by atoms with Gasteiger partial charge >= 0.3 is 0 Å². The lowest BCUT2D eigenvalue weighted by Crippen LogP contribution is -1.90. The molecule has 0 saturated carbocycles. The monoisotopic (exact) mass is 500 g/mol. The topological polar surface area (TPSA) is 75.6 Å². The first-order valence-electron chi connectivity index (χ1n) is 12.6. The van der Waals surface area contributed by atoms with Gasteiger partial charge in [-0.05, 0) is 70.8 Å². The quantitative estimate of drug-likeness (QED) is 0.243. The van der Waals surface area contributed by atoms with Crippen LogP contribution in [0.5, 0.6) is 0 Å². The van der Waals surface area contributed by atoms with E-state index in [9.17, 15) is 0 Å². The van der Waals surface area contributed by atoms with Crippen LogP contribution in [0.25, 0.3) is 67.1 Å². The second-order valence-corrected chi connectivity index (χ2v) is 9.29. The van der Waals surface area contributed by atoms with E-state index in [1.165, 1.54) is 0 Å². The second-order valence-electron chi connectivity index (χ2n) is 9.29. The molecule has 7 rings (SSSR count). The fourth-order valence-corrected chi connectivity index (χ4v) is 4.70. The first kappa shape index (κ1) is 22.6. The molecule has 0 N–H and O–H groups in total. The minimum absolute atomic E-state index is 0.602. The Kier molecular flexibility index (Phi) is 5.42. The first-order valence-corrected chi connectivity index (χ1v) is 12.6. The van der Waals surface area contributed by atoms with Crippen molar-refractivity contribution in [2.75, 3.05) is 0 Å². The van der Waals surface area contributed by atoms with E-state index in [0.29, 0.717) is 11.5 Å². The van der Waals surface area contributed by atoms with Crippen molar-refractivity contribution in [3.05, 3.63) is 127 Å². The number of hydrogen-bond donors (Lipinski definition) is 0. The molecule has 0 bridgehead atoms. The molecular weight excluding hydrogens is 480 g/mol. The molecule has 0 saturated heterocycles. The Bertz CT molecular complexity index is 1970. The zero-order chi connectivity index (χ0) is 26.2. The standard InChI is InChI=1S/C34H20N4O/c35-20-22-5-7-23(8-6-22)24-9-11-25(12-10-24)28-17-18-29-31(19-28)36-21-32(37-29)26-13-15-27(16-14-26)34-38-30-3-1-2-4-33(30)39-34/h1-19,21H. The maximum atomic E-state index is 9.02. The number of para-hydroxylation sites is 2. The van der Waals surface area contributed by atoms with Crippen LogP contribution in [0.3, 0.4) is 0 Å². The van der Waals surface area contributed by atoms with Crippen molar-refractivity contribution < 1.29 is 4.42 Å². The fourth-order valence-electron chi connectivity index (χ4n) is 4.70. The molecule has 0 fully saturated rings. The van der Waals surface area contributed by atoms with Crippen molar-refractivity contribution in [3.63, 3.8) is 0 Å². The second kappa shape index (κ2) is 9.37. The third-order valence-corrected chi connectivity index (χ3v) is 6.83. The highest BCUT2D eigenvalue weighted by molar-refractivity contribution is 5.84. The van der Waals surface area contributed by atoms with Gasteiger partial charge in [-0.2, -0.15) is 5.26 Å². The molecule has 0 aliphatic heterocycles. The SMILES string of the molecule is N#Cc1ccc(-c2ccc(-c3ccc4nc(-c5ccc(-c6nc7ccccc7o6)cc5)cnc4c3)cc2)cc1. The summed E-state index contributed by atoms with van der Waals surface area (Å²) in [6.07, 6.45) is 1.81. The van der Waals surface area contributed by atoms with Crippen LogP contribution in [0.1, 0.15) is 5.56 Å². The zero-order valence-electron chi connectivity index (χ0n) is 20.7. The summed E-state index contributed by atoms with van der Waals surface area (Å²) in [5.74, 6) is 0.602. The minimum atomic E-state index is 0.602. The van der Waals surface area contributed by atoms with Crippen molar-refractivity contribution in [2.45, 2.75) is 0 Å². The van der Waals surface area contributed by atoms with Crippen molar-refractivity contribution in [3.8, 4) is 51.0 Å². The predicted octanol–water partition coefficient (Wildman–Crippen LogP) is 8.31. The molecule has 0 radical (unpaired) electrons. The van der Waals surface area contributed by atoms with E-state index in [-0.39, 0.29) is 0 Å². The van der Waals surface area contributed by atoms with Gasteiger partial charge in [0.1, 0.15) is 5.52 Å². The molecule has 5 heteroatoms. The summed E-state index contributed by atoms with van der Waals surface area (Å²) in [4.78, 5) is 14.2. The normalized spacial score (nSPS) is 11.1. The first-order chi connectivity index (χ1) is 19.2. The molecule has 0 aliphatic carbocycles. The van der Waals surface area contributed by atoms with Gasteiger partial charge in [-0.15, -0.1) is 0 Å². The Balaban J connectivity index is 1.13. The Morgan fingerprint density at radius 1 is 0.538 bits per heavy atom. The van der Waals surface area contributed by atoms with Crippen LogP contribution < -0.4 is 0 Å². The van der Waals surface area contributed by atoms with Crippen LogP contribution in [0.2, 0.25) is 0 Å². The molecule has 7 aromatic rings. The molecule has 2 heterocycles. The van der Waals surface area contributed by atoms with Crippen molar-refractivity contribution >= 4 is 22.1 Å². The number of benzene rings is 5. The van der Waals surface area contributed by atoms with Crippen LogP contribution in [-0.4, -0.2) is 15.0 Å². The third kappa shape index (κ3) is 4.30. The van der Waals surface area contributed by atoms with E-state index < -0.39 is 0 Å². The summed E-state index contributed by atoms with van der Waals surface area (Å²) in [6, 6.07) is 40.1. The van der Waals surface area contributed by atoms with Crippen LogP contribution in [0.15, 0.2) is 126 Å². The minimum Gasteiger partial charge on any atom is -0.436 e. The lowest BCUT2D eigenvalue weighted by Gasteiger charge is -2.07. The smallest absolute Gasteiger partial charge is 0.227 e. The van der Waals surface area contributed by atoms with Gasteiger partial charge in [-0.25, -0.2) is 9.97 Å². The third-order valence-electron chi connectivity index (χ3n) is 6.83. The molecule has 2 aromatic heterocycles. The number of nitriles is 1.